The van der Waals surface area contributed by atoms with Gasteiger partial charge in [-0.1, -0.05) is 33.1 Å². The number of carbonyl (C=O) groups is 1. The van der Waals surface area contributed by atoms with Gasteiger partial charge in [-0.2, -0.15) is 0 Å². The third kappa shape index (κ3) is 9.34. The van der Waals surface area contributed by atoms with E-state index in [1.165, 1.54) is 12.8 Å². The third-order valence-electron chi connectivity index (χ3n) is 1.92. The number of hydrogen-bond donors (Lipinski definition) is 2. The molecule has 0 aliphatic heterocycles. The van der Waals surface area contributed by atoms with Gasteiger partial charge in [-0.05, 0) is 12.3 Å². The maximum atomic E-state index is 10.6. The molecule has 0 aromatic carbocycles. The van der Waals surface area contributed by atoms with Crippen LogP contribution in [0.15, 0.2) is 0 Å². The van der Waals surface area contributed by atoms with Gasteiger partial charge < -0.3 is 10.4 Å². The average Bonchev–Trinajstić information content (AvgIpc) is 2.10. The lowest BCUT2D eigenvalue weighted by molar-refractivity contribution is -0.123. The molecule has 0 bridgehead atoms. The number of nitrogens with one attached hydrogen (secondary N) is 1. The lowest BCUT2D eigenvalue weighted by Crippen LogP contribution is -2.26. The molecule has 0 aliphatic carbocycles. The summed E-state index contributed by atoms with van der Waals surface area (Å²) in [7, 11) is 0. The van der Waals surface area contributed by atoms with Gasteiger partial charge in [0.15, 0.2) is 0 Å². The van der Waals surface area contributed by atoms with Gasteiger partial charge in [0.25, 0.3) is 0 Å². The van der Waals surface area contributed by atoms with E-state index in [4.69, 9.17) is 5.11 Å². The van der Waals surface area contributed by atoms with Crippen LogP contribution in [-0.2, 0) is 4.79 Å². The highest BCUT2D eigenvalue weighted by molar-refractivity contribution is 5.76. The van der Waals surface area contributed by atoms with Crippen molar-refractivity contribution in [2.75, 3.05) is 13.2 Å². The van der Waals surface area contributed by atoms with Crippen molar-refractivity contribution >= 4 is 5.91 Å². The molecule has 3 heteroatoms. The van der Waals surface area contributed by atoms with Crippen LogP contribution in [0.25, 0.3) is 0 Å². The molecule has 1 amide bonds. The first kappa shape index (κ1) is 12.4. The number of carbonyl (C=O) groups excluding carboxylic acids is 1. The highest BCUT2D eigenvalue weighted by Gasteiger charge is 1.97. The van der Waals surface area contributed by atoms with Gasteiger partial charge in [0, 0.05) is 6.54 Å². The number of rotatable bonds is 7. The van der Waals surface area contributed by atoms with E-state index in [1.807, 2.05) is 0 Å². The molecular formula is C10H21NO2. The zero-order chi connectivity index (χ0) is 10.1. The third-order valence-corrected chi connectivity index (χ3v) is 1.92. The van der Waals surface area contributed by atoms with E-state index in [2.05, 4.69) is 19.2 Å². The number of amides is 1. The topological polar surface area (TPSA) is 49.3 Å². The molecular weight excluding hydrogens is 166 g/mol. The molecule has 0 radical (unpaired) electrons. The first-order chi connectivity index (χ1) is 6.16. The molecule has 0 unspecified atom stereocenters. The monoisotopic (exact) mass is 187 g/mol. The van der Waals surface area contributed by atoms with Crippen LogP contribution in [0.1, 0.15) is 39.5 Å². The van der Waals surface area contributed by atoms with E-state index in [0.717, 1.165) is 18.8 Å². The first-order valence-corrected chi connectivity index (χ1v) is 5.04. The van der Waals surface area contributed by atoms with Crippen LogP contribution >= 0.6 is 0 Å². The van der Waals surface area contributed by atoms with E-state index in [1.54, 1.807) is 0 Å². The van der Waals surface area contributed by atoms with Gasteiger partial charge in [0.1, 0.15) is 6.61 Å². The zero-order valence-electron chi connectivity index (χ0n) is 8.68. The summed E-state index contributed by atoms with van der Waals surface area (Å²) >= 11 is 0. The maximum Gasteiger partial charge on any atom is 0.245 e. The predicted molar refractivity (Wildman–Crippen MR) is 53.4 cm³/mol. The molecule has 0 rings (SSSR count). The molecule has 78 valence electrons. The smallest absolute Gasteiger partial charge is 0.245 e. The number of aliphatic hydroxyl groups excluding tert-OH is 1. The Hall–Kier alpha value is -0.570. The predicted octanol–water partition coefficient (Wildman–Crippen LogP) is 1.31. The minimum atomic E-state index is -0.397. The van der Waals surface area contributed by atoms with Crippen LogP contribution in [-0.4, -0.2) is 24.2 Å². The summed E-state index contributed by atoms with van der Waals surface area (Å²) < 4.78 is 0. The van der Waals surface area contributed by atoms with Crippen molar-refractivity contribution in [3.8, 4) is 0 Å². The van der Waals surface area contributed by atoms with E-state index in [-0.39, 0.29) is 5.91 Å². The first-order valence-electron chi connectivity index (χ1n) is 5.04. The maximum absolute atomic E-state index is 10.6. The molecule has 2 N–H and O–H groups in total. The minimum absolute atomic E-state index is 0.274. The van der Waals surface area contributed by atoms with Crippen LogP contribution in [0.2, 0.25) is 0 Å². The van der Waals surface area contributed by atoms with Crippen LogP contribution in [0.4, 0.5) is 0 Å². The molecule has 0 aromatic heterocycles. The van der Waals surface area contributed by atoms with E-state index >= 15 is 0 Å². The van der Waals surface area contributed by atoms with Crippen LogP contribution in [0.3, 0.4) is 0 Å². The number of unbranched alkanes of at least 4 members (excludes halogenated alkanes) is 2. The summed E-state index contributed by atoms with van der Waals surface area (Å²) in [4.78, 5) is 10.6. The Labute approximate surface area is 80.5 Å². The largest absolute Gasteiger partial charge is 0.387 e. The van der Waals surface area contributed by atoms with E-state index < -0.39 is 6.61 Å². The SMILES string of the molecule is CC(C)CCCCCNC(=O)CO. The van der Waals surface area contributed by atoms with Crippen LogP contribution in [0.5, 0.6) is 0 Å². The van der Waals surface area contributed by atoms with Crippen LogP contribution in [0, 0.1) is 5.92 Å². The quantitative estimate of drug-likeness (QED) is 0.590. The van der Waals surface area contributed by atoms with Crippen molar-refractivity contribution in [3.63, 3.8) is 0 Å². The van der Waals surface area contributed by atoms with Crippen molar-refractivity contribution in [3.05, 3.63) is 0 Å². The second-order valence-electron chi connectivity index (χ2n) is 3.75. The second kappa shape index (κ2) is 8.05. The highest BCUT2D eigenvalue weighted by Crippen LogP contribution is 2.07. The van der Waals surface area contributed by atoms with Gasteiger partial charge in [0.2, 0.25) is 5.91 Å². The summed E-state index contributed by atoms with van der Waals surface area (Å²) in [6, 6.07) is 0. The minimum Gasteiger partial charge on any atom is -0.387 e. The van der Waals surface area contributed by atoms with Gasteiger partial charge in [-0.25, -0.2) is 0 Å². The normalized spacial score (nSPS) is 10.5. The lowest BCUT2D eigenvalue weighted by atomic mass is 10.1. The van der Waals surface area contributed by atoms with Crippen molar-refractivity contribution < 1.29 is 9.90 Å². The van der Waals surface area contributed by atoms with E-state index in [0.29, 0.717) is 6.54 Å². The van der Waals surface area contributed by atoms with Crippen molar-refractivity contribution in [2.24, 2.45) is 5.92 Å². The molecule has 0 saturated heterocycles. The Morgan fingerprint density at radius 3 is 2.54 bits per heavy atom. The molecule has 0 aromatic rings. The van der Waals surface area contributed by atoms with Crippen molar-refractivity contribution in [1.29, 1.82) is 0 Å². The molecule has 0 fully saturated rings. The summed E-state index contributed by atoms with van der Waals surface area (Å²) in [6.07, 6.45) is 4.66. The second-order valence-corrected chi connectivity index (χ2v) is 3.75. The van der Waals surface area contributed by atoms with E-state index in [9.17, 15) is 4.79 Å². The summed E-state index contributed by atoms with van der Waals surface area (Å²) in [5, 5.41) is 11.0. The van der Waals surface area contributed by atoms with Gasteiger partial charge in [0.05, 0.1) is 0 Å². The molecule has 0 aliphatic rings. The standard InChI is InChI=1S/C10H21NO2/c1-9(2)6-4-3-5-7-11-10(13)8-12/h9,12H,3-8H2,1-2H3,(H,11,13). The van der Waals surface area contributed by atoms with Gasteiger partial charge in [-0.15, -0.1) is 0 Å². The van der Waals surface area contributed by atoms with Crippen molar-refractivity contribution in [2.45, 2.75) is 39.5 Å². The fourth-order valence-corrected chi connectivity index (χ4v) is 1.14. The van der Waals surface area contributed by atoms with Gasteiger partial charge in [-0.3, -0.25) is 4.79 Å². The molecule has 0 atom stereocenters. The molecule has 0 spiro atoms. The Morgan fingerprint density at radius 2 is 2.00 bits per heavy atom. The summed E-state index contributed by atoms with van der Waals surface area (Å²) in [6.45, 7) is 4.73. The summed E-state index contributed by atoms with van der Waals surface area (Å²) in [5.74, 6) is 0.496. The van der Waals surface area contributed by atoms with Gasteiger partial charge >= 0.3 is 0 Å². The van der Waals surface area contributed by atoms with Crippen molar-refractivity contribution in [1.82, 2.24) is 5.32 Å². The summed E-state index contributed by atoms with van der Waals surface area (Å²) in [5.41, 5.74) is 0. The Bertz CT molecular complexity index is 135. The lowest BCUT2D eigenvalue weighted by Gasteiger charge is -2.04. The average molecular weight is 187 g/mol. The fraction of sp³-hybridized carbons (Fsp3) is 0.900. The molecule has 0 heterocycles. The highest BCUT2D eigenvalue weighted by atomic mass is 16.3. The molecule has 13 heavy (non-hydrogen) atoms. The molecule has 0 saturated carbocycles. The van der Waals surface area contributed by atoms with Crippen LogP contribution < -0.4 is 5.32 Å². The Balaban J connectivity index is 3.04. The number of hydrogen-bond acceptors (Lipinski definition) is 2. The fourth-order valence-electron chi connectivity index (χ4n) is 1.14. The zero-order valence-corrected chi connectivity index (χ0v) is 8.68. The molecule has 3 nitrogen and oxygen atoms in total. The Kier molecular flexibility index (Phi) is 7.69. The number of aliphatic hydroxyl groups is 1. The Morgan fingerprint density at radius 1 is 1.31 bits per heavy atom.